The monoisotopic (exact) mass is 344 g/mol. The minimum atomic E-state index is -0.223. The Kier molecular flexibility index (Phi) is 4.58. The summed E-state index contributed by atoms with van der Waals surface area (Å²) in [7, 11) is 2.23. The number of hydrogen-bond acceptors (Lipinski definition) is 4. The molecule has 2 aliphatic heterocycles. The molecule has 0 amide bonds. The van der Waals surface area contributed by atoms with E-state index in [9.17, 15) is 4.39 Å². The Bertz CT molecular complexity index is 726. The van der Waals surface area contributed by atoms with Crippen LogP contribution in [0.2, 0.25) is 0 Å². The molecule has 0 unspecified atom stereocenters. The molecular weight excluding hydrogens is 319 g/mol. The van der Waals surface area contributed by atoms with Gasteiger partial charge in [0, 0.05) is 56.1 Å². The molecule has 2 fully saturated rings. The van der Waals surface area contributed by atoms with Crippen LogP contribution < -0.4 is 0 Å². The summed E-state index contributed by atoms with van der Waals surface area (Å²) in [5.74, 6) is -0.223. The highest BCUT2D eigenvalue weighted by atomic mass is 19.1. The van der Waals surface area contributed by atoms with Crippen molar-refractivity contribution in [3.8, 4) is 11.3 Å². The Morgan fingerprint density at radius 2 is 2.12 bits per heavy atom. The average Bonchev–Trinajstić information content (AvgIpc) is 3.07. The highest BCUT2D eigenvalue weighted by Gasteiger charge is 2.40. The summed E-state index contributed by atoms with van der Waals surface area (Å²) in [6.45, 7) is 5.66. The van der Waals surface area contributed by atoms with E-state index in [1.165, 1.54) is 6.07 Å². The molecule has 2 saturated heterocycles. The van der Waals surface area contributed by atoms with Crippen LogP contribution >= 0.6 is 0 Å². The van der Waals surface area contributed by atoms with Crippen LogP contribution in [0.15, 0.2) is 30.5 Å². The predicted molar refractivity (Wildman–Crippen MR) is 94.7 cm³/mol. The van der Waals surface area contributed by atoms with E-state index >= 15 is 0 Å². The molecule has 4 rings (SSSR count). The number of benzene rings is 1. The van der Waals surface area contributed by atoms with Gasteiger partial charge in [-0.1, -0.05) is 12.1 Å². The van der Waals surface area contributed by atoms with Gasteiger partial charge in [-0.25, -0.2) is 4.39 Å². The molecule has 0 saturated carbocycles. The second kappa shape index (κ2) is 6.86. The molecule has 6 heteroatoms. The molecule has 1 N–H and O–H groups in total. The van der Waals surface area contributed by atoms with Gasteiger partial charge >= 0.3 is 0 Å². The van der Waals surface area contributed by atoms with E-state index in [-0.39, 0.29) is 11.4 Å². The zero-order valence-corrected chi connectivity index (χ0v) is 14.7. The van der Waals surface area contributed by atoms with Crippen molar-refractivity contribution in [2.45, 2.75) is 24.9 Å². The van der Waals surface area contributed by atoms with E-state index < -0.39 is 0 Å². The van der Waals surface area contributed by atoms with Gasteiger partial charge in [0.05, 0.1) is 11.9 Å². The van der Waals surface area contributed by atoms with Crippen molar-refractivity contribution in [1.82, 2.24) is 20.0 Å². The quantitative estimate of drug-likeness (QED) is 0.929. The summed E-state index contributed by atoms with van der Waals surface area (Å²) >= 11 is 0. The molecule has 1 aromatic carbocycles. The van der Waals surface area contributed by atoms with Gasteiger partial charge in [0.25, 0.3) is 0 Å². The van der Waals surface area contributed by atoms with Crippen molar-refractivity contribution in [2.24, 2.45) is 0 Å². The number of nitrogens with one attached hydrogen (secondary N) is 1. The Labute approximate surface area is 147 Å². The van der Waals surface area contributed by atoms with Gasteiger partial charge in [-0.05, 0) is 32.0 Å². The summed E-state index contributed by atoms with van der Waals surface area (Å²) in [4.78, 5) is 5.01. The van der Waals surface area contributed by atoms with Crippen LogP contribution in [0.5, 0.6) is 0 Å². The molecule has 25 heavy (non-hydrogen) atoms. The van der Waals surface area contributed by atoms with Crippen LogP contribution in [0.25, 0.3) is 11.3 Å². The van der Waals surface area contributed by atoms with Crippen LogP contribution in [0.1, 0.15) is 18.4 Å². The van der Waals surface area contributed by atoms with E-state index in [1.54, 1.807) is 12.1 Å². The fourth-order valence-corrected chi connectivity index (χ4v) is 4.14. The maximum Gasteiger partial charge on any atom is 0.123 e. The molecule has 1 spiro atoms. The molecule has 0 aliphatic carbocycles. The number of aromatic nitrogens is 2. The molecule has 0 radical (unpaired) electrons. The lowest BCUT2D eigenvalue weighted by molar-refractivity contribution is -0.0625. The summed E-state index contributed by atoms with van der Waals surface area (Å²) in [6, 6.07) is 6.68. The van der Waals surface area contributed by atoms with Crippen molar-refractivity contribution < 1.29 is 9.13 Å². The highest BCUT2D eigenvalue weighted by Crippen LogP contribution is 2.32. The summed E-state index contributed by atoms with van der Waals surface area (Å²) in [5.41, 5.74) is 3.11. The Hall–Kier alpha value is -1.76. The molecule has 0 bridgehead atoms. The largest absolute Gasteiger partial charge is 0.381 e. The standard InChI is InChI=1S/C19H25FN4O/c1-23-7-8-24(14-19(23)5-9-25-10-6-19)13-16-12-21-22-18(16)15-3-2-4-17(20)11-15/h2-4,11-12H,5-10,13-14H2,1H3,(H,21,22). The molecule has 2 aliphatic rings. The van der Waals surface area contributed by atoms with Gasteiger partial charge in [0.1, 0.15) is 5.82 Å². The van der Waals surface area contributed by atoms with Crippen LogP contribution in [0.3, 0.4) is 0 Å². The van der Waals surface area contributed by atoms with Crippen LogP contribution in [-0.4, -0.2) is 65.4 Å². The number of halogens is 1. The average molecular weight is 344 g/mol. The Morgan fingerprint density at radius 3 is 2.92 bits per heavy atom. The summed E-state index contributed by atoms with van der Waals surface area (Å²) in [5, 5.41) is 7.25. The first kappa shape index (κ1) is 16.7. The maximum absolute atomic E-state index is 13.6. The number of H-pyrrole nitrogens is 1. The molecule has 1 aromatic heterocycles. The highest BCUT2D eigenvalue weighted by molar-refractivity contribution is 5.62. The van der Waals surface area contributed by atoms with E-state index in [1.807, 2.05) is 12.3 Å². The zero-order valence-electron chi connectivity index (χ0n) is 14.7. The van der Waals surface area contributed by atoms with Gasteiger partial charge in [0.2, 0.25) is 0 Å². The SMILES string of the molecule is CN1CCN(Cc2cn[nH]c2-c2cccc(F)c2)CC12CCOCC2. The fraction of sp³-hybridized carbons (Fsp3) is 0.526. The van der Waals surface area contributed by atoms with Gasteiger partial charge in [-0.3, -0.25) is 14.9 Å². The van der Waals surface area contributed by atoms with Crippen LogP contribution in [0, 0.1) is 5.82 Å². The smallest absolute Gasteiger partial charge is 0.123 e. The molecule has 0 atom stereocenters. The number of rotatable bonds is 3. The lowest BCUT2D eigenvalue weighted by atomic mass is 9.86. The minimum absolute atomic E-state index is 0.221. The molecule has 2 aromatic rings. The fourth-order valence-electron chi connectivity index (χ4n) is 4.14. The third-order valence-corrected chi connectivity index (χ3v) is 5.73. The zero-order chi connectivity index (χ0) is 17.3. The predicted octanol–water partition coefficient (Wildman–Crippen LogP) is 2.51. The first-order valence-electron chi connectivity index (χ1n) is 8.96. The topological polar surface area (TPSA) is 44.4 Å². The van der Waals surface area contributed by atoms with Crippen molar-refractivity contribution in [1.29, 1.82) is 0 Å². The third kappa shape index (κ3) is 3.34. The number of piperazine rings is 1. The van der Waals surface area contributed by atoms with Crippen molar-refractivity contribution in [2.75, 3.05) is 39.9 Å². The first-order valence-corrected chi connectivity index (χ1v) is 8.96. The van der Waals surface area contributed by atoms with Gasteiger partial charge in [-0.2, -0.15) is 5.10 Å². The summed E-state index contributed by atoms with van der Waals surface area (Å²) < 4.78 is 19.1. The molecular formula is C19H25FN4O. The third-order valence-electron chi connectivity index (χ3n) is 5.73. The van der Waals surface area contributed by atoms with E-state index in [2.05, 4.69) is 27.0 Å². The number of hydrogen-bond donors (Lipinski definition) is 1. The summed E-state index contributed by atoms with van der Waals surface area (Å²) in [6.07, 6.45) is 4.04. The van der Waals surface area contributed by atoms with Gasteiger partial charge in [-0.15, -0.1) is 0 Å². The second-order valence-corrected chi connectivity index (χ2v) is 7.25. The number of likely N-dealkylation sites (N-methyl/N-ethyl adjacent to an activating group) is 1. The lowest BCUT2D eigenvalue weighted by Crippen LogP contribution is -2.62. The van der Waals surface area contributed by atoms with Crippen molar-refractivity contribution in [3.63, 3.8) is 0 Å². The van der Waals surface area contributed by atoms with E-state index in [0.29, 0.717) is 0 Å². The first-order chi connectivity index (χ1) is 12.2. The molecule has 3 heterocycles. The second-order valence-electron chi connectivity index (χ2n) is 7.25. The number of nitrogens with zero attached hydrogens (tertiary/aromatic N) is 3. The van der Waals surface area contributed by atoms with E-state index in [4.69, 9.17) is 4.74 Å². The maximum atomic E-state index is 13.6. The number of aromatic amines is 1. The molecule has 5 nitrogen and oxygen atoms in total. The molecule has 134 valence electrons. The minimum Gasteiger partial charge on any atom is -0.381 e. The Balaban J connectivity index is 1.52. The number of ether oxygens (including phenoxy) is 1. The van der Waals surface area contributed by atoms with E-state index in [0.717, 1.165) is 69.1 Å². The van der Waals surface area contributed by atoms with Gasteiger partial charge < -0.3 is 4.74 Å². The Morgan fingerprint density at radius 1 is 1.28 bits per heavy atom. The van der Waals surface area contributed by atoms with Crippen molar-refractivity contribution in [3.05, 3.63) is 41.8 Å². The van der Waals surface area contributed by atoms with Crippen LogP contribution in [-0.2, 0) is 11.3 Å². The van der Waals surface area contributed by atoms with Crippen LogP contribution in [0.4, 0.5) is 4.39 Å². The van der Waals surface area contributed by atoms with Gasteiger partial charge in [0.15, 0.2) is 0 Å². The van der Waals surface area contributed by atoms with Crippen molar-refractivity contribution >= 4 is 0 Å². The lowest BCUT2D eigenvalue weighted by Gasteiger charge is -2.51. The normalized spacial score (nSPS) is 21.7.